The van der Waals surface area contributed by atoms with E-state index in [2.05, 4.69) is 5.32 Å². The minimum Gasteiger partial charge on any atom is -0.396 e. The largest absolute Gasteiger partial charge is 0.396 e. The maximum Gasteiger partial charge on any atom is 0.227 e. The first-order valence-electron chi connectivity index (χ1n) is 8.53. The molecule has 0 spiro atoms. The molecular formula is C17H30N2O3. The van der Waals surface area contributed by atoms with Gasteiger partial charge in [-0.2, -0.15) is 0 Å². The molecule has 1 aliphatic carbocycles. The summed E-state index contributed by atoms with van der Waals surface area (Å²) < 4.78 is 0. The van der Waals surface area contributed by atoms with Crippen LogP contribution in [0.5, 0.6) is 0 Å². The molecule has 0 radical (unpaired) electrons. The Morgan fingerprint density at radius 3 is 2.50 bits per heavy atom. The molecule has 2 unspecified atom stereocenters. The van der Waals surface area contributed by atoms with E-state index in [1.54, 1.807) is 0 Å². The van der Waals surface area contributed by atoms with Crippen LogP contribution in [0.3, 0.4) is 0 Å². The van der Waals surface area contributed by atoms with Crippen LogP contribution in [-0.4, -0.2) is 47.6 Å². The van der Waals surface area contributed by atoms with E-state index in [9.17, 15) is 9.59 Å². The van der Waals surface area contributed by atoms with Crippen molar-refractivity contribution in [3.63, 3.8) is 0 Å². The second-order valence-electron chi connectivity index (χ2n) is 7.81. The van der Waals surface area contributed by atoms with Gasteiger partial charge in [0.2, 0.25) is 11.8 Å². The standard InChI is InChI=1S/C17H30N2O3/c1-17(2,3)16(22)19-9-4-5-13(11-19)15(21)18-14(8-10-20)12-6-7-12/h12-14,20H,4-11H2,1-3H3,(H,18,21). The number of aliphatic hydroxyl groups is 1. The highest BCUT2D eigenvalue weighted by atomic mass is 16.3. The van der Waals surface area contributed by atoms with Crippen molar-refractivity contribution in [2.45, 2.75) is 58.9 Å². The average Bonchev–Trinajstić information content (AvgIpc) is 3.29. The van der Waals surface area contributed by atoms with Crippen molar-refractivity contribution in [1.82, 2.24) is 10.2 Å². The highest BCUT2D eigenvalue weighted by Gasteiger charge is 2.36. The van der Waals surface area contributed by atoms with Gasteiger partial charge in [-0.15, -0.1) is 0 Å². The zero-order valence-electron chi connectivity index (χ0n) is 14.1. The molecular weight excluding hydrogens is 280 g/mol. The Labute approximate surface area is 133 Å². The highest BCUT2D eigenvalue weighted by Crippen LogP contribution is 2.34. The van der Waals surface area contributed by atoms with Gasteiger partial charge in [-0.1, -0.05) is 20.8 Å². The Morgan fingerprint density at radius 2 is 1.95 bits per heavy atom. The number of carbonyl (C=O) groups excluding carboxylic acids is 2. The first-order chi connectivity index (χ1) is 10.3. The topological polar surface area (TPSA) is 69.6 Å². The van der Waals surface area contributed by atoms with Gasteiger partial charge < -0.3 is 15.3 Å². The summed E-state index contributed by atoms with van der Waals surface area (Å²) in [4.78, 5) is 26.7. The van der Waals surface area contributed by atoms with Gasteiger partial charge in [0.15, 0.2) is 0 Å². The van der Waals surface area contributed by atoms with E-state index < -0.39 is 5.41 Å². The quantitative estimate of drug-likeness (QED) is 0.809. The summed E-state index contributed by atoms with van der Waals surface area (Å²) in [6.45, 7) is 7.15. The van der Waals surface area contributed by atoms with Crippen LogP contribution in [0.4, 0.5) is 0 Å². The lowest BCUT2D eigenvalue weighted by molar-refractivity contribution is -0.143. The summed E-state index contributed by atoms with van der Waals surface area (Å²) in [7, 11) is 0. The maximum absolute atomic E-state index is 12.5. The summed E-state index contributed by atoms with van der Waals surface area (Å²) in [5.74, 6) is 0.600. The summed E-state index contributed by atoms with van der Waals surface area (Å²) in [5, 5.41) is 12.2. The average molecular weight is 310 g/mol. The molecule has 22 heavy (non-hydrogen) atoms. The summed E-state index contributed by atoms with van der Waals surface area (Å²) in [6.07, 6.45) is 4.65. The lowest BCUT2D eigenvalue weighted by Gasteiger charge is -2.36. The van der Waals surface area contributed by atoms with Crippen molar-refractivity contribution in [3.05, 3.63) is 0 Å². The van der Waals surface area contributed by atoms with Gasteiger partial charge in [0.1, 0.15) is 0 Å². The maximum atomic E-state index is 12.5. The van der Waals surface area contributed by atoms with E-state index in [1.165, 1.54) is 0 Å². The molecule has 0 bridgehead atoms. The van der Waals surface area contributed by atoms with E-state index in [1.807, 2.05) is 25.7 Å². The number of hydrogen-bond acceptors (Lipinski definition) is 3. The predicted molar refractivity (Wildman–Crippen MR) is 85.1 cm³/mol. The molecule has 2 rings (SSSR count). The van der Waals surface area contributed by atoms with Gasteiger partial charge in [0.05, 0.1) is 5.92 Å². The Morgan fingerprint density at radius 1 is 1.27 bits per heavy atom. The molecule has 1 saturated heterocycles. The minimum absolute atomic E-state index is 0.0526. The van der Waals surface area contributed by atoms with E-state index in [0.29, 0.717) is 18.9 Å². The van der Waals surface area contributed by atoms with Gasteiger partial charge in [-0.3, -0.25) is 9.59 Å². The fraction of sp³-hybridized carbons (Fsp3) is 0.882. The number of nitrogens with one attached hydrogen (secondary N) is 1. The minimum atomic E-state index is -0.397. The predicted octanol–water partition coefficient (Wildman–Crippen LogP) is 1.55. The number of carbonyl (C=O) groups is 2. The molecule has 1 aliphatic heterocycles. The fourth-order valence-corrected chi connectivity index (χ4v) is 3.21. The second-order valence-corrected chi connectivity index (χ2v) is 7.81. The van der Waals surface area contributed by atoms with Crippen molar-refractivity contribution in [1.29, 1.82) is 0 Å². The van der Waals surface area contributed by atoms with Crippen LogP contribution in [0.1, 0.15) is 52.9 Å². The molecule has 2 N–H and O–H groups in total. The molecule has 5 heteroatoms. The number of nitrogens with zero attached hydrogens (tertiary/aromatic N) is 1. The number of rotatable bonds is 5. The Bertz CT molecular complexity index is 413. The summed E-state index contributed by atoms with van der Waals surface area (Å²) in [5.41, 5.74) is -0.397. The molecule has 0 aromatic rings. The summed E-state index contributed by atoms with van der Waals surface area (Å²) >= 11 is 0. The van der Waals surface area contributed by atoms with Crippen molar-refractivity contribution in [3.8, 4) is 0 Å². The Balaban J connectivity index is 1.90. The molecule has 0 aromatic heterocycles. The highest BCUT2D eigenvalue weighted by molar-refractivity contribution is 5.84. The van der Waals surface area contributed by atoms with Crippen LogP contribution in [0.15, 0.2) is 0 Å². The molecule has 5 nitrogen and oxygen atoms in total. The number of likely N-dealkylation sites (tertiary alicyclic amines) is 1. The van der Waals surface area contributed by atoms with Crippen molar-refractivity contribution in [2.24, 2.45) is 17.3 Å². The normalized spacial score (nSPS) is 24.0. The zero-order valence-corrected chi connectivity index (χ0v) is 14.1. The van der Waals surface area contributed by atoms with Crippen molar-refractivity contribution in [2.75, 3.05) is 19.7 Å². The third kappa shape index (κ3) is 4.45. The fourth-order valence-electron chi connectivity index (χ4n) is 3.21. The first-order valence-corrected chi connectivity index (χ1v) is 8.53. The van der Waals surface area contributed by atoms with E-state index in [0.717, 1.165) is 32.2 Å². The van der Waals surface area contributed by atoms with Gasteiger partial charge in [0, 0.05) is 31.2 Å². The lowest BCUT2D eigenvalue weighted by atomic mass is 9.90. The SMILES string of the molecule is CC(C)(C)C(=O)N1CCCC(C(=O)NC(CCO)C2CC2)C1. The number of piperidine rings is 1. The van der Waals surface area contributed by atoms with Gasteiger partial charge in [0.25, 0.3) is 0 Å². The number of aliphatic hydroxyl groups excluding tert-OH is 1. The molecule has 2 aliphatic rings. The van der Waals surface area contributed by atoms with Crippen LogP contribution in [0, 0.1) is 17.3 Å². The van der Waals surface area contributed by atoms with Crippen LogP contribution in [-0.2, 0) is 9.59 Å². The van der Waals surface area contributed by atoms with Crippen LogP contribution in [0.25, 0.3) is 0 Å². The molecule has 2 fully saturated rings. The molecule has 1 heterocycles. The summed E-state index contributed by atoms with van der Waals surface area (Å²) in [6, 6.07) is 0.103. The molecule has 0 aromatic carbocycles. The molecule has 126 valence electrons. The van der Waals surface area contributed by atoms with Crippen molar-refractivity contribution >= 4 is 11.8 Å². The van der Waals surface area contributed by atoms with Gasteiger partial charge >= 0.3 is 0 Å². The number of hydrogen-bond donors (Lipinski definition) is 2. The van der Waals surface area contributed by atoms with E-state index >= 15 is 0 Å². The smallest absolute Gasteiger partial charge is 0.227 e. The van der Waals surface area contributed by atoms with Crippen LogP contribution in [0.2, 0.25) is 0 Å². The number of amides is 2. The van der Waals surface area contributed by atoms with E-state index in [4.69, 9.17) is 5.11 Å². The molecule has 2 atom stereocenters. The van der Waals surface area contributed by atoms with Crippen LogP contribution < -0.4 is 5.32 Å². The van der Waals surface area contributed by atoms with Crippen molar-refractivity contribution < 1.29 is 14.7 Å². The van der Waals surface area contributed by atoms with Gasteiger partial charge in [-0.05, 0) is 38.0 Å². The van der Waals surface area contributed by atoms with Gasteiger partial charge in [-0.25, -0.2) is 0 Å². The van der Waals surface area contributed by atoms with Crippen LogP contribution >= 0.6 is 0 Å². The Hall–Kier alpha value is -1.10. The Kier molecular flexibility index (Phi) is 5.48. The molecule has 1 saturated carbocycles. The third-order valence-corrected chi connectivity index (χ3v) is 4.68. The lowest BCUT2D eigenvalue weighted by Crippen LogP contribution is -2.50. The molecule has 2 amide bonds. The first kappa shape index (κ1) is 17.3. The third-order valence-electron chi connectivity index (χ3n) is 4.68. The van der Waals surface area contributed by atoms with E-state index in [-0.39, 0.29) is 30.4 Å². The monoisotopic (exact) mass is 310 g/mol. The zero-order chi connectivity index (χ0) is 16.3. The second kappa shape index (κ2) is 6.99.